The molecule has 0 atom stereocenters. The van der Waals surface area contributed by atoms with E-state index in [0.29, 0.717) is 34.9 Å². The molecule has 34 heavy (non-hydrogen) atoms. The number of hydrogen-bond acceptors (Lipinski definition) is 6. The summed E-state index contributed by atoms with van der Waals surface area (Å²) in [6, 6.07) is 24.3. The lowest BCUT2D eigenvalue weighted by atomic mass is 10.2. The Morgan fingerprint density at radius 1 is 0.824 bits per heavy atom. The van der Waals surface area contributed by atoms with E-state index in [9.17, 15) is 4.79 Å². The Morgan fingerprint density at radius 2 is 1.53 bits per heavy atom. The molecule has 5 aromatic rings. The molecular formula is C26H22N4O4. The van der Waals surface area contributed by atoms with Crippen LogP contribution in [-0.2, 0) is 6.54 Å². The summed E-state index contributed by atoms with van der Waals surface area (Å²) in [5.41, 5.74) is 2.30. The van der Waals surface area contributed by atoms with Crippen molar-refractivity contribution in [2.75, 3.05) is 14.2 Å². The Hall–Kier alpha value is -4.59. The van der Waals surface area contributed by atoms with Crippen molar-refractivity contribution in [2.45, 2.75) is 6.54 Å². The van der Waals surface area contributed by atoms with Gasteiger partial charge in [-0.05, 0) is 42.0 Å². The summed E-state index contributed by atoms with van der Waals surface area (Å²) in [4.78, 5) is 22.6. The molecule has 0 unspecified atom stereocenters. The SMILES string of the molecule is COc1cccc(Cn2c(=O)n(-c3cccc(OC)c3)c3nc(Oc4ccccc4)ncc32)c1. The van der Waals surface area contributed by atoms with Crippen LogP contribution in [0.3, 0.4) is 0 Å². The summed E-state index contributed by atoms with van der Waals surface area (Å²) < 4.78 is 19.7. The molecule has 0 amide bonds. The van der Waals surface area contributed by atoms with Crippen molar-refractivity contribution in [1.82, 2.24) is 19.1 Å². The van der Waals surface area contributed by atoms with E-state index in [1.54, 1.807) is 31.0 Å². The maximum absolute atomic E-state index is 13.7. The Morgan fingerprint density at radius 3 is 2.29 bits per heavy atom. The van der Waals surface area contributed by atoms with E-state index in [1.807, 2.05) is 72.8 Å². The topological polar surface area (TPSA) is 80.4 Å². The van der Waals surface area contributed by atoms with Gasteiger partial charge in [0.25, 0.3) is 0 Å². The molecule has 0 aliphatic heterocycles. The number of benzene rings is 3. The number of hydrogen-bond donors (Lipinski definition) is 0. The van der Waals surface area contributed by atoms with Gasteiger partial charge in [0.15, 0.2) is 5.65 Å². The van der Waals surface area contributed by atoms with Gasteiger partial charge in [-0.1, -0.05) is 36.4 Å². The third kappa shape index (κ3) is 4.09. The molecule has 0 bridgehead atoms. The molecule has 0 aliphatic carbocycles. The highest BCUT2D eigenvalue weighted by atomic mass is 16.5. The van der Waals surface area contributed by atoms with Gasteiger partial charge in [-0.3, -0.25) is 4.57 Å². The van der Waals surface area contributed by atoms with E-state index in [1.165, 1.54) is 4.57 Å². The maximum Gasteiger partial charge on any atom is 0.335 e. The maximum atomic E-state index is 13.7. The van der Waals surface area contributed by atoms with Crippen molar-refractivity contribution in [2.24, 2.45) is 0 Å². The van der Waals surface area contributed by atoms with Gasteiger partial charge in [0, 0.05) is 6.07 Å². The van der Waals surface area contributed by atoms with Crippen molar-refractivity contribution in [3.63, 3.8) is 0 Å². The number of rotatable bonds is 7. The number of fused-ring (bicyclic) bond motifs is 1. The summed E-state index contributed by atoms with van der Waals surface area (Å²) in [5, 5.41) is 0. The van der Waals surface area contributed by atoms with E-state index in [0.717, 1.165) is 11.3 Å². The van der Waals surface area contributed by atoms with Gasteiger partial charge in [0.05, 0.1) is 32.6 Å². The molecule has 0 saturated heterocycles. The molecule has 8 nitrogen and oxygen atoms in total. The van der Waals surface area contributed by atoms with E-state index in [2.05, 4.69) is 9.97 Å². The molecular weight excluding hydrogens is 432 g/mol. The van der Waals surface area contributed by atoms with Gasteiger partial charge in [-0.2, -0.15) is 4.98 Å². The van der Waals surface area contributed by atoms with E-state index < -0.39 is 0 Å². The fourth-order valence-electron chi connectivity index (χ4n) is 3.75. The molecule has 8 heteroatoms. The predicted octanol–water partition coefficient (Wildman–Crippen LogP) is 4.44. The Labute approximate surface area is 195 Å². The summed E-state index contributed by atoms with van der Waals surface area (Å²) in [6.07, 6.45) is 1.61. The van der Waals surface area contributed by atoms with Crippen LogP contribution in [0, 0.1) is 0 Å². The van der Waals surface area contributed by atoms with Crippen LogP contribution in [0.15, 0.2) is 89.9 Å². The monoisotopic (exact) mass is 454 g/mol. The van der Waals surface area contributed by atoms with Crippen molar-refractivity contribution < 1.29 is 14.2 Å². The largest absolute Gasteiger partial charge is 0.497 e. The first-order valence-corrected chi connectivity index (χ1v) is 10.6. The molecule has 0 aliphatic rings. The molecule has 2 aromatic heterocycles. The summed E-state index contributed by atoms with van der Waals surface area (Å²) in [7, 11) is 3.20. The van der Waals surface area contributed by atoms with Crippen LogP contribution in [0.25, 0.3) is 16.9 Å². The van der Waals surface area contributed by atoms with Crippen LogP contribution < -0.4 is 19.9 Å². The third-order valence-electron chi connectivity index (χ3n) is 5.39. The third-order valence-corrected chi connectivity index (χ3v) is 5.39. The second kappa shape index (κ2) is 9.11. The van der Waals surface area contributed by atoms with Gasteiger partial charge in [0.1, 0.15) is 22.8 Å². The fraction of sp³-hybridized carbons (Fsp3) is 0.115. The van der Waals surface area contributed by atoms with Crippen LogP contribution in [0.2, 0.25) is 0 Å². The molecule has 2 heterocycles. The highest BCUT2D eigenvalue weighted by Crippen LogP contribution is 2.24. The molecule has 0 N–H and O–H groups in total. The van der Waals surface area contributed by atoms with Crippen LogP contribution in [0.5, 0.6) is 23.3 Å². The summed E-state index contributed by atoms with van der Waals surface area (Å²) >= 11 is 0. The minimum absolute atomic E-state index is 0.147. The second-order valence-corrected chi connectivity index (χ2v) is 7.53. The highest BCUT2D eigenvalue weighted by Gasteiger charge is 2.19. The highest BCUT2D eigenvalue weighted by molar-refractivity contribution is 5.73. The Kier molecular flexibility index (Phi) is 5.70. The smallest absolute Gasteiger partial charge is 0.335 e. The van der Waals surface area contributed by atoms with Crippen molar-refractivity contribution in [3.8, 4) is 28.9 Å². The van der Waals surface area contributed by atoms with Crippen molar-refractivity contribution in [3.05, 3.63) is 101 Å². The second-order valence-electron chi connectivity index (χ2n) is 7.53. The summed E-state index contributed by atoms with van der Waals surface area (Å²) in [5.74, 6) is 1.96. The van der Waals surface area contributed by atoms with Crippen molar-refractivity contribution in [1.29, 1.82) is 0 Å². The number of methoxy groups -OCH3 is 2. The average molecular weight is 454 g/mol. The lowest BCUT2D eigenvalue weighted by molar-refractivity contribution is 0.414. The number of nitrogens with zero attached hydrogens (tertiary/aromatic N) is 4. The first-order valence-electron chi connectivity index (χ1n) is 10.6. The predicted molar refractivity (Wildman–Crippen MR) is 128 cm³/mol. The van der Waals surface area contributed by atoms with Gasteiger partial charge >= 0.3 is 11.7 Å². The quantitative estimate of drug-likeness (QED) is 0.362. The zero-order valence-electron chi connectivity index (χ0n) is 18.7. The van der Waals surface area contributed by atoms with Gasteiger partial charge < -0.3 is 14.2 Å². The van der Waals surface area contributed by atoms with Gasteiger partial charge in [-0.25, -0.2) is 14.3 Å². The first kappa shape index (κ1) is 21.3. The fourth-order valence-corrected chi connectivity index (χ4v) is 3.75. The van der Waals surface area contributed by atoms with Gasteiger partial charge in [0.2, 0.25) is 0 Å². The molecule has 0 fully saturated rings. The van der Waals surface area contributed by atoms with Gasteiger partial charge in [-0.15, -0.1) is 0 Å². The molecule has 0 spiro atoms. The standard InChI is InChI=1S/C26H22N4O4/c1-32-21-12-6-8-18(14-21)17-29-23-16-27-25(34-20-10-4-3-5-11-20)28-24(23)30(26(29)31)19-9-7-13-22(15-19)33-2/h3-16H,17H2,1-2H3. The minimum Gasteiger partial charge on any atom is -0.497 e. The molecule has 5 rings (SSSR count). The van der Waals surface area contributed by atoms with E-state index in [-0.39, 0.29) is 11.7 Å². The molecule has 0 radical (unpaired) electrons. The Bertz CT molecular complexity index is 1510. The van der Waals surface area contributed by atoms with Crippen LogP contribution in [-0.4, -0.2) is 33.3 Å². The van der Waals surface area contributed by atoms with Crippen LogP contribution in [0.1, 0.15) is 5.56 Å². The van der Waals surface area contributed by atoms with Crippen LogP contribution in [0.4, 0.5) is 0 Å². The Balaban J connectivity index is 1.67. The number of ether oxygens (including phenoxy) is 3. The zero-order chi connectivity index (χ0) is 23.5. The van der Waals surface area contributed by atoms with E-state index in [4.69, 9.17) is 14.2 Å². The zero-order valence-corrected chi connectivity index (χ0v) is 18.7. The van der Waals surface area contributed by atoms with Crippen LogP contribution >= 0.6 is 0 Å². The first-order chi connectivity index (χ1) is 16.7. The minimum atomic E-state index is -0.253. The number of aromatic nitrogens is 4. The average Bonchev–Trinajstić information content (AvgIpc) is 3.15. The number of para-hydroxylation sites is 1. The summed E-state index contributed by atoms with van der Waals surface area (Å²) in [6.45, 7) is 0.325. The normalized spacial score (nSPS) is 10.9. The number of imidazole rings is 1. The lowest BCUT2D eigenvalue weighted by Crippen LogP contribution is -2.23. The molecule has 3 aromatic carbocycles. The van der Waals surface area contributed by atoms with Crippen molar-refractivity contribution >= 4 is 11.2 Å². The molecule has 0 saturated carbocycles. The molecule has 170 valence electrons. The lowest BCUT2D eigenvalue weighted by Gasteiger charge is -2.06. The van der Waals surface area contributed by atoms with E-state index >= 15 is 0 Å².